The molecule has 0 saturated carbocycles. The third-order valence-corrected chi connectivity index (χ3v) is 2.90. The highest BCUT2D eigenvalue weighted by Crippen LogP contribution is 2.10. The monoisotopic (exact) mass is 234 g/mol. The van der Waals surface area contributed by atoms with Crippen molar-refractivity contribution in [2.75, 3.05) is 20.1 Å². The Hall–Kier alpha value is -1.55. The van der Waals surface area contributed by atoms with Crippen LogP contribution in [0.1, 0.15) is 12.0 Å². The molecule has 1 unspecified atom stereocenters. The number of amides is 1. The molecule has 1 aliphatic heterocycles. The summed E-state index contributed by atoms with van der Waals surface area (Å²) in [5, 5.41) is 2.76. The molecule has 1 aromatic rings. The molecule has 0 aliphatic carbocycles. The Bertz CT molecular complexity index is 367. The highest BCUT2D eigenvalue weighted by Gasteiger charge is 2.22. The van der Waals surface area contributed by atoms with Gasteiger partial charge in [-0.3, -0.25) is 0 Å². The van der Waals surface area contributed by atoms with Gasteiger partial charge in [0.15, 0.2) is 0 Å². The van der Waals surface area contributed by atoms with Crippen LogP contribution in [-0.4, -0.2) is 37.2 Å². The lowest BCUT2D eigenvalue weighted by atomic mass is 10.2. The number of carbonyl (C=O) groups is 1. The lowest BCUT2D eigenvalue weighted by Gasteiger charge is -2.12. The third-order valence-electron chi connectivity index (χ3n) is 2.90. The Morgan fingerprint density at radius 2 is 2.24 bits per heavy atom. The maximum Gasteiger partial charge on any atom is 0.407 e. The van der Waals surface area contributed by atoms with Crippen LogP contribution in [0, 0.1) is 0 Å². The van der Waals surface area contributed by atoms with Crippen LogP contribution in [0.4, 0.5) is 4.79 Å². The van der Waals surface area contributed by atoms with Crippen molar-refractivity contribution in [1.82, 2.24) is 10.2 Å². The van der Waals surface area contributed by atoms with E-state index < -0.39 is 0 Å². The van der Waals surface area contributed by atoms with Crippen molar-refractivity contribution in [2.45, 2.75) is 19.1 Å². The topological polar surface area (TPSA) is 41.6 Å². The van der Waals surface area contributed by atoms with Crippen LogP contribution in [0.3, 0.4) is 0 Å². The van der Waals surface area contributed by atoms with Crippen molar-refractivity contribution in [2.24, 2.45) is 0 Å². The van der Waals surface area contributed by atoms with Gasteiger partial charge >= 0.3 is 6.09 Å². The predicted molar refractivity (Wildman–Crippen MR) is 65.7 cm³/mol. The van der Waals surface area contributed by atoms with E-state index >= 15 is 0 Å². The van der Waals surface area contributed by atoms with E-state index in [2.05, 4.69) is 10.2 Å². The molecular weight excluding hydrogens is 216 g/mol. The number of nitrogens with one attached hydrogen (secondary N) is 1. The Kier molecular flexibility index (Phi) is 3.98. The molecule has 1 aromatic carbocycles. The van der Waals surface area contributed by atoms with Crippen LogP contribution in [-0.2, 0) is 11.3 Å². The zero-order chi connectivity index (χ0) is 12.1. The summed E-state index contributed by atoms with van der Waals surface area (Å²) in [5.41, 5.74) is 1.08. The van der Waals surface area contributed by atoms with Gasteiger partial charge in [-0.2, -0.15) is 0 Å². The minimum Gasteiger partial charge on any atom is -0.445 e. The predicted octanol–water partition coefficient (Wildman–Crippen LogP) is 1.62. The van der Waals surface area contributed by atoms with Crippen LogP contribution in [0.5, 0.6) is 0 Å². The molecular formula is C13H18N2O2. The van der Waals surface area contributed by atoms with Crippen LogP contribution in [0.25, 0.3) is 0 Å². The van der Waals surface area contributed by atoms with Crippen molar-refractivity contribution in [3.05, 3.63) is 35.9 Å². The van der Waals surface area contributed by atoms with Crippen LogP contribution < -0.4 is 5.32 Å². The third kappa shape index (κ3) is 3.75. The van der Waals surface area contributed by atoms with Crippen LogP contribution in [0.2, 0.25) is 0 Å². The molecule has 1 N–H and O–H groups in total. The number of hydrogen-bond donors (Lipinski definition) is 1. The van der Waals surface area contributed by atoms with Crippen molar-refractivity contribution in [3.8, 4) is 0 Å². The van der Waals surface area contributed by atoms with E-state index in [0.29, 0.717) is 6.54 Å². The Labute approximate surface area is 102 Å². The number of hydrogen-bond acceptors (Lipinski definition) is 3. The van der Waals surface area contributed by atoms with Crippen molar-refractivity contribution in [1.29, 1.82) is 0 Å². The molecule has 0 radical (unpaired) electrons. The maximum atomic E-state index is 11.5. The van der Waals surface area contributed by atoms with Gasteiger partial charge in [-0.25, -0.2) is 4.79 Å². The molecule has 1 atom stereocenters. The first-order valence-electron chi connectivity index (χ1n) is 5.91. The van der Waals surface area contributed by atoms with E-state index in [1.807, 2.05) is 37.4 Å². The van der Waals surface area contributed by atoms with Gasteiger partial charge in [0.1, 0.15) is 6.10 Å². The Morgan fingerprint density at radius 3 is 2.88 bits per heavy atom. The lowest BCUT2D eigenvalue weighted by Crippen LogP contribution is -2.29. The summed E-state index contributed by atoms with van der Waals surface area (Å²) in [6.45, 7) is 2.34. The van der Waals surface area contributed by atoms with Gasteiger partial charge in [-0.1, -0.05) is 30.3 Å². The number of ether oxygens (including phenoxy) is 1. The standard InChI is InChI=1S/C13H18N2O2/c1-15-8-7-12(10-15)17-13(16)14-9-11-5-3-2-4-6-11/h2-6,12H,7-10H2,1H3,(H,14,16). The van der Waals surface area contributed by atoms with Crippen molar-refractivity contribution in [3.63, 3.8) is 0 Å². The molecule has 2 rings (SSSR count). The van der Waals surface area contributed by atoms with Gasteiger partial charge in [-0.15, -0.1) is 0 Å². The molecule has 0 bridgehead atoms. The molecule has 1 amide bonds. The zero-order valence-electron chi connectivity index (χ0n) is 10.1. The number of rotatable bonds is 3. The quantitative estimate of drug-likeness (QED) is 0.864. The van der Waals surface area contributed by atoms with Crippen LogP contribution in [0.15, 0.2) is 30.3 Å². The summed E-state index contributed by atoms with van der Waals surface area (Å²) < 4.78 is 5.31. The largest absolute Gasteiger partial charge is 0.445 e. The van der Waals surface area contributed by atoms with Crippen molar-refractivity contribution < 1.29 is 9.53 Å². The van der Waals surface area contributed by atoms with E-state index in [0.717, 1.165) is 25.1 Å². The maximum absolute atomic E-state index is 11.5. The molecule has 1 saturated heterocycles. The zero-order valence-corrected chi connectivity index (χ0v) is 10.1. The number of likely N-dealkylation sites (tertiary alicyclic amines) is 1. The highest BCUT2D eigenvalue weighted by atomic mass is 16.6. The molecule has 4 nitrogen and oxygen atoms in total. The van der Waals surface area contributed by atoms with Crippen LogP contribution >= 0.6 is 0 Å². The average molecular weight is 234 g/mol. The number of carbonyl (C=O) groups excluding carboxylic acids is 1. The van der Waals surface area contributed by atoms with Gasteiger partial charge in [0, 0.05) is 19.6 Å². The minimum atomic E-state index is -0.325. The SMILES string of the molecule is CN1CCC(OC(=O)NCc2ccccc2)C1. The molecule has 92 valence electrons. The highest BCUT2D eigenvalue weighted by molar-refractivity contribution is 5.67. The Balaban J connectivity index is 1.71. The first-order valence-corrected chi connectivity index (χ1v) is 5.91. The smallest absolute Gasteiger partial charge is 0.407 e. The molecule has 0 spiro atoms. The van der Waals surface area contributed by atoms with Gasteiger partial charge in [0.25, 0.3) is 0 Å². The van der Waals surface area contributed by atoms with Gasteiger partial charge < -0.3 is 15.0 Å². The number of nitrogens with zero attached hydrogens (tertiary/aromatic N) is 1. The summed E-state index contributed by atoms with van der Waals surface area (Å²) in [5.74, 6) is 0. The molecule has 4 heteroatoms. The lowest BCUT2D eigenvalue weighted by molar-refractivity contribution is 0.102. The molecule has 0 aromatic heterocycles. The fraction of sp³-hybridized carbons (Fsp3) is 0.462. The van der Waals surface area contributed by atoms with E-state index in [-0.39, 0.29) is 12.2 Å². The van der Waals surface area contributed by atoms with Crippen molar-refractivity contribution >= 4 is 6.09 Å². The van der Waals surface area contributed by atoms with Gasteiger partial charge in [0.05, 0.1) is 0 Å². The summed E-state index contributed by atoms with van der Waals surface area (Å²) in [6, 6.07) is 9.81. The number of benzene rings is 1. The normalized spacial score (nSPS) is 20.2. The second-order valence-corrected chi connectivity index (χ2v) is 4.42. The minimum absolute atomic E-state index is 0.0378. The first kappa shape index (κ1) is 11.9. The van der Waals surface area contributed by atoms with E-state index in [1.54, 1.807) is 0 Å². The number of likely N-dealkylation sites (N-methyl/N-ethyl adjacent to an activating group) is 1. The van der Waals surface area contributed by atoms with E-state index in [9.17, 15) is 4.79 Å². The summed E-state index contributed by atoms with van der Waals surface area (Å²) in [4.78, 5) is 13.7. The summed E-state index contributed by atoms with van der Waals surface area (Å²) in [6.07, 6.45) is 0.639. The molecule has 17 heavy (non-hydrogen) atoms. The molecule has 1 aliphatic rings. The average Bonchev–Trinajstić information content (AvgIpc) is 2.73. The first-order chi connectivity index (χ1) is 8.24. The Morgan fingerprint density at radius 1 is 1.47 bits per heavy atom. The summed E-state index contributed by atoms with van der Waals surface area (Å²) >= 11 is 0. The summed E-state index contributed by atoms with van der Waals surface area (Å²) in [7, 11) is 2.03. The second kappa shape index (κ2) is 5.68. The van der Waals surface area contributed by atoms with Gasteiger partial charge in [-0.05, 0) is 19.0 Å². The number of alkyl carbamates (subject to hydrolysis) is 1. The molecule has 1 fully saturated rings. The van der Waals surface area contributed by atoms with E-state index in [1.165, 1.54) is 0 Å². The van der Waals surface area contributed by atoms with E-state index in [4.69, 9.17) is 4.74 Å². The second-order valence-electron chi connectivity index (χ2n) is 4.42. The fourth-order valence-corrected chi connectivity index (χ4v) is 1.95. The van der Waals surface area contributed by atoms with Gasteiger partial charge in [0.2, 0.25) is 0 Å². The molecule has 1 heterocycles. The fourth-order valence-electron chi connectivity index (χ4n) is 1.95.